The summed E-state index contributed by atoms with van der Waals surface area (Å²) in [6.07, 6.45) is 1.24. The van der Waals surface area contributed by atoms with Crippen LogP contribution in [0.1, 0.15) is 23.0 Å². The van der Waals surface area contributed by atoms with Crippen LogP contribution in [0.4, 0.5) is 0 Å². The normalized spacial score (nSPS) is 10.8. The molecule has 152 valence electrons. The highest BCUT2D eigenvalue weighted by molar-refractivity contribution is 7.99. The maximum atomic E-state index is 12.8. The van der Waals surface area contributed by atoms with E-state index in [2.05, 4.69) is 10.3 Å². The van der Waals surface area contributed by atoms with Crippen LogP contribution in [0.25, 0.3) is 11.1 Å². The summed E-state index contributed by atoms with van der Waals surface area (Å²) >= 11 is 1.63. The molecule has 1 amide bonds. The van der Waals surface area contributed by atoms with E-state index in [1.165, 1.54) is 6.33 Å². The minimum absolute atomic E-state index is 0.0240. The van der Waals surface area contributed by atoms with Gasteiger partial charge in [-0.1, -0.05) is 18.2 Å². The monoisotopic (exact) mass is 415 g/mol. The van der Waals surface area contributed by atoms with E-state index in [9.17, 15) is 14.4 Å². The summed E-state index contributed by atoms with van der Waals surface area (Å²) in [5, 5.41) is 2.80. The number of furan rings is 1. The first-order chi connectivity index (χ1) is 14.0. The molecular weight excluding hydrogens is 394 g/mol. The molecule has 0 aliphatic carbocycles. The maximum absolute atomic E-state index is 12.8. The van der Waals surface area contributed by atoms with E-state index in [0.29, 0.717) is 12.3 Å². The Morgan fingerprint density at radius 2 is 2.03 bits per heavy atom. The van der Waals surface area contributed by atoms with Gasteiger partial charge in [0.25, 0.3) is 5.56 Å². The number of hydrogen-bond acceptors (Lipinski definition) is 7. The lowest BCUT2D eigenvalue weighted by atomic mass is 10.2. The standard InChI is InChI=1S/C20H21N3O5S/c1-3-27-20(26)16-13(2)28-18-17(16)19(25)23(12-22-18)11-15(24)21-9-10-29-14-7-5-4-6-8-14/h4-8,12H,3,9-11H2,1-2H3,(H,21,24). The van der Waals surface area contributed by atoms with E-state index in [0.717, 1.165) is 9.46 Å². The van der Waals surface area contributed by atoms with Gasteiger partial charge in [0.15, 0.2) is 0 Å². The molecule has 1 aromatic carbocycles. The quantitative estimate of drug-likeness (QED) is 0.342. The van der Waals surface area contributed by atoms with Crippen LogP contribution in [0, 0.1) is 6.92 Å². The summed E-state index contributed by atoms with van der Waals surface area (Å²) in [6.45, 7) is 3.66. The van der Waals surface area contributed by atoms with Crippen LogP contribution in [0.2, 0.25) is 0 Å². The molecule has 2 aromatic heterocycles. The summed E-state index contributed by atoms with van der Waals surface area (Å²) in [7, 11) is 0. The van der Waals surface area contributed by atoms with Gasteiger partial charge in [0.1, 0.15) is 29.6 Å². The number of ether oxygens (including phenoxy) is 1. The van der Waals surface area contributed by atoms with Crippen molar-refractivity contribution in [3.63, 3.8) is 0 Å². The molecule has 0 saturated carbocycles. The number of rotatable bonds is 8. The number of carbonyl (C=O) groups excluding carboxylic acids is 2. The molecule has 0 aliphatic heterocycles. The van der Waals surface area contributed by atoms with Crippen molar-refractivity contribution in [1.29, 1.82) is 0 Å². The van der Waals surface area contributed by atoms with Gasteiger partial charge in [-0.25, -0.2) is 9.78 Å². The molecule has 0 aliphatic rings. The molecular formula is C20H21N3O5S. The van der Waals surface area contributed by atoms with Crippen molar-refractivity contribution in [3.05, 3.63) is 58.3 Å². The highest BCUT2D eigenvalue weighted by Gasteiger charge is 2.24. The van der Waals surface area contributed by atoms with Gasteiger partial charge in [-0.3, -0.25) is 14.2 Å². The number of nitrogens with one attached hydrogen (secondary N) is 1. The van der Waals surface area contributed by atoms with Crippen LogP contribution in [0.5, 0.6) is 0 Å². The number of hydrogen-bond donors (Lipinski definition) is 1. The van der Waals surface area contributed by atoms with Gasteiger partial charge >= 0.3 is 5.97 Å². The average Bonchev–Trinajstić information content (AvgIpc) is 3.05. The minimum Gasteiger partial charge on any atom is -0.462 e. The summed E-state index contributed by atoms with van der Waals surface area (Å²) < 4.78 is 11.5. The van der Waals surface area contributed by atoms with Crippen LogP contribution >= 0.6 is 11.8 Å². The van der Waals surface area contributed by atoms with Crippen molar-refractivity contribution in [3.8, 4) is 0 Å². The van der Waals surface area contributed by atoms with Crippen LogP contribution in [0.15, 0.2) is 50.8 Å². The number of carbonyl (C=O) groups is 2. The molecule has 1 N–H and O–H groups in total. The third kappa shape index (κ3) is 4.86. The first-order valence-corrected chi connectivity index (χ1v) is 10.1. The van der Waals surface area contributed by atoms with Gasteiger partial charge in [0.2, 0.25) is 11.6 Å². The second-order valence-corrected chi connectivity index (χ2v) is 7.29. The molecule has 2 heterocycles. The van der Waals surface area contributed by atoms with Crippen LogP contribution in [0.3, 0.4) is 0 Å². The molecule has 0 atom stereocenters. The average molecular weight is 415 g/mol. The number of aryl methyl sites for hydroxylation is 1. The highest BCUT2D eigenvalue weighted by atomic mass is 32.2. The molecule has 0 bridgehead atoms. The molecule has 3 aromatic rings. The molecule has 0 fully saturated rings. The van der Waals surface area contributed by atoms with Crippen molar-refractivity contribution in [1.82, 2.24) is 14.9 Å². The van der Waals surface area contributed by atoms with Crippen LogP contribution in [-0.2, 0) is 16.1 Å². The van der Waals surface area contributed by atoms with E-state index >= 15 is 0 Å². The van der Waals surface area contributed by atoms with Crippen LogP contribution < -0.4 is 10.9 Å². The Labute approximate surface area is 171 Å². The van der Waals surface area contributed by atoms with Crippen molar-refractivity contribution < 1.29 is 18.7 Å². The van der Waals surface area contributed by atoms with E-state index in [1.54, 1.807) is 25.6 Å². The van der Waals surface area contributed by atoms with Gasteiger partial charge in [0, 0.05) is 17.2 Å². The minimum atomic E-state index is -0.650. The molecule has 9 heteroatoms. The third-order valence-corrected chi connectivity index (χ3v) is 5.10. The Hall–Kier alpha value is -3.07. The van der Waals surface area contributed by atoms with Crippen molar-refractivity contribution >= 4 is 34.7 Å². The number of amides is 1. The lowest BCUT2D eigenvalue weighted by molar-refractivity contribution is -0.121. The van der Waals surface area contributed by atoms with Crippen molar-refractivity contribution in [2.75, 3.05) is 18.9 Å². The molecule has 0 unspecified atom stereocenters. The SMILES string of the molecule is CCOC(=O)c1c(C)oc2ncn(CC(=O)NCCSc3ccccc3)c(=O)c12. The van der Waals surface area contributed by atoms with E-state index in [1.807, 2.05) is 30.3 Å². The second kappa shape index (κ2) is 9.42. The molecule has 0 spiro atoms. The molecule has 3 rings (SSSR count). The molecule has 29 heavy (non-hydrogen) atoms. The Bertz CT molecular complexity index is 1070. The first kappa shape index (κ1) is 20.7. The maximum Gasteiger partial charge on any atom is 0.342 e. The fourth-order valence-electron chi connectivity index (χ4n) is 2.79. The number of benzene rings is 1. The summed E-state index contributed by atoms with van der Waals surface area (Å²) in [5.41, 5.74) is -0.427. The largest absolute Gasteiger partial charge is 0.462 e. The Morgan fingerprint density at radius 1 is 1.28 bits per heavy atom. The van der Waals surface area contributed by atoms with E-state index in [4.69, 9.17) is 9.15 Å². The van der Waals surface area contributed by atoms with Crippen LogP contribution in [-0.4, -0.2) is 40.3 Å². The Kier molecular flexibility index (Phi) is 6.71. The van der Waals surface area contributed by atoms with E-state index < -0.39 is 11.5 Å². The van der Waals surface area contributed by atoms with Gasteiger partial charge in [-0.2, -0.15) is 0 Å². The van der Waals surface area contributed by atoms with Gasteiger partial charge in [-0.15, -0.1) is 11.8 Å². The number of aromatic nitrogens is 2. The zero-order valence-corrected chi connectivity index (χ0v) is 17.0. The Morgan fingerprint density at radius 3 is 2.76 bits per heavy atom. The third-order valence-electron chi connectivity index (χ3n) is 4.08. The fraction of sp³-hybridized carbons (Fsp3) is 0.300. The predicted molar refractivity (Wildman–Crippen MR) is 109 cm³/mol. The lowest BCUT2D eigenvalue weighted by Gasteiger charge is -2.07. The van der Waals surface area contributed by atoms with Gasteiger partial charge in [-0.05, 0) is 26.0 Å². The van der Waals surface area contributed by atoms with Crippen molar-refractivity contribution in [2.45, 2.75) is 25.3 Å². The topological polar surface area (TPSA) is 103 Å². The number of nitrogens with zero attached hydrogens (tertiary/aromatic N) is 2. The summed E-state index contributed by atoms with van der Waals surface area (Å²) in [4.78, 5) is 42.4. The zero-order chi connectivity index (χ0) is 20.8. The number of esters is 1. The van der Waals surface area contributed by atoms with Crippen molar-refractivity contribution in [2.24, 2.45) is 0 Å². The highest BCUT2D eigenvalue weighted by Crippen LogP contribution is 2.21. The number of thioether (sulfide) groups is 1. The molecule has 0 radical (unpaired) electrons. The molecule has 0 saturated heterocycles. The van der Waals surface area contributed by atoms with Gasteiger partial charge in [0.05, 0.1) is 6.61 Å². The second-order valence-electron chi connectivity index (χ2n) is 6.12. The summed E-state index contributed by atoms with van der Waals surface area (Å²) in [6, 6.07) is 9.86. The van der Waals surface area contributed by atoms with Gasteiger partial charge < -0.3 is 14.5 Å². The summed E-state index contributed by atoms with van der Waals surface area (Å²) in [5.74, 6) is -0.0126. The number of fused-ring (bicyclic) bond motifs is 1. The fourth-order valence-corrected chi connectivity index (χ4v) is 3.58. The van der Waals surface area contributed by atoms with E-state index in [-0.39, 0.29) is 41.5 Å². The molecule has 8 nitrogen and oxygen atoms in total. The lowest BCUT2D eigenvalue weighted by Crippen LogP contribution is -2.33. The Balaban J connectivity index is 1.67. The zero-order valence-electron chi connectivity index (χ0n) is 16.1. The predicted octanol–water partition coefficient (Wildman–Crippen LogP) is 2.38. The smallest absolute Gasteiger partial charge is 0.342 e. The first-order valence-electron chi connectivity index (χ1n) is 9.11.